The van der Waals surface area contributed by atoms with Crippen molar-refractivity contribution in [3.63, 3.8) is 0 Å². The van der Waals surface area contributed by atoms with E-state index in [0.717, 1.165) is 6.42 Å². The van der Waals surface area contributed by atoms with Crippen molar-refractivity contribution < 1.29 is 9.53 Å². The van der Waals surface area contributed by atoms with E-state index in [0.29, 0.717) is 18.6 Å². The summed E-state index contributed by atoms with van der Waals surface area (Å²) in [5, 5.41) is 0. The minimum atomic E-state index is -0.125. The van der Waals surface area contributed by atoms with Gasteiger partial charge in [0.1, 0.15) is 6.04 Å². The van der Waals surface area contributed by atoms with E-state index in [4.69, 9.17) is 4.74 Å². The van der Waals surface area contributed by atoms with Gasteiger partial charge in [-0.3, -0.25) is 9.69 Å². The lowest BCUT2D eigenvalue weighted by atomic mass is 9.99. The van der Waals surface area contributed by atoms with Crippen molar-refractivity contribution in [3.05, 3.63) is 48.0 Å². The second kappa shape index (κ2) is 5.41. The van der Waals surface area contributed by atoms with E-state index in [9.17, 15) is 4.79 Å². The Bertz CT molecular complexity index is 511. The monoisotopic (exact) mass is 271 g/mol. The van der Waals surface area contributed by atoms with E-state index in [2.05, 4.69) is 48.2 Å². The van der Waals surface area contributed by atoms with E-state index >= 15 is 0 Å². The van der Waals surface area contributed by atoms with Crippen LogP contribution in [0.1, 0.15) is 31.9 Å². The first kappa shape index (κ1) is 13.4. The smallest absolute Gasteiger partial charge is 0.323 e. The molecule has 4 atom stereocenters. The lowest BCUT2D eigenvalue weighted by molar-refractivity contribution is -0.150. The van der Waals surface area contributed by atoms with E-state index in [1.165, 1.54) is 5.56 Å². The molecule has 0 radical (unpaired) electrons. The summed E-state index contributed by atoms with van der Waals surface area (Å²) in [6.45, 7) is 4.49. The Morgan fingerprint density at radius 3 is 2.80 bits per heavy atom. The predicted octanol–water partition coefficient (Wildman–Crippen LogP) is 2.94. The quantitative estimate of drug-likeness (QED) is 0.623. The molecule has 1 fully saturated rings. The summed E-state index contributed by atoms with van der Waals surface area (Å²) in [5.41, 5.74) is 1.25. The first-order valence-corrected chi connectivity index (χ1v) is 7.39. The highest BCUT2D eigenvalue weighted by atomic mass is 16.5. The number of likely N-dealkylation sites (tertiary alicyclic amines) is 1. The Kier molecular flexibility index (Phi) is 3.62. The maximum Gasteiger partial charge on any atom is 0.323 e. The van der Waals surface area contributed by atoms with Crippen molar-refractivity contribution in [1.82, 2.24) is 4.90 Å². The van der Waals surface area contributed by atoms with Crippen LogP contribution < -0.4 is 0 Å². The molecule has 0 amide bonds. The van der Waals surface area contributed by atoms with Gasteiger partial charge in [-0.25, -0.2) is 0 Å². The molecular formula is C17H21NO2. The zero-order valence-electron chi connectivity index (χ0n) is 12.0. The number of carbonyl (C=O) groups is 1. The SMILES string of the molecule is CCOC(=O)[C@@H]1[C@H]2C=CC(C2)N1[C@H](C)c1ccccc1. The maximum atomic E-state index is 12.3. The van der Waals surface area contributed by atoms with Crippen LogP contribution in [0.4, 0.5) is 0 Å². The van der Waals surface area contributed by atoms with Crippen LogP contribution in [0.2, 0.25) is 0 Å². The Morgan fingerprint density at radius 1 is 1.35 bits per heavy atom. The molecule has 1 heterocycles. The van der Waals surface area contributed by atoms with Crippen molar-refractivity contribution in [2.75, 3.05) is 6.61 Å². The van der Waals surface area contributed by atoms with Crippen LogP contribution in [0, 0.1) is 5.92 Å². The summed E-state index contributed by atoms with van der Waals surface area (Å²) < 4.78 is 5.28. The lowest BCUT2D eigenvalue weighted by Crippen LogP contribution is -2.46. The highest BCUT2D eigenvalue weighted by molar-refractivity contribution is 5.77. The zero-order valence-corrected chi connectivity index (χ0v) is 12.0. The molecule has 0 spiro atoms. The van der Waals surface area contributed by atoms with E-state index in [1.807, 2.05) is 13.0 Å². The molecule has 3 rings (SSSR count). The first-order valence-electron chi connectivity index (χ1n) is 7.39. The Balaban J connectivity index is 1.87. The summed E-state index contributed by atoms with van der Waals surface area (Å²) in [6, 6.07) is 10.8. The molecular weight excluding hydrogens is 250 g/mol. The van der Waals surface area contributed by atoms with Crippen molar-refractivity contribution in [2.24, 2.45) is 5.92 Å². The number of hydrogen-bond donors (Lipinski definition) is 0. The zero-order chi connectivity index (χ0) is 14.1. The number of hydrogen-bond acceptors (Lipinski definition) is 3. The topological polar surface area (TPSA) is 29.5 Å². The maximum absolute atomic E-state index is 12.3. The highest BCUT2D eigenvalue weighted by Crippen LogP contribution is 2.42. The number of nitrogens with zero attached hydrogens (tertiary/aromatic N) is 1. The lowest BCUT2D eigenvalue weighted by Gasteiger charge is -2.36. The van der Waals surface area contributed by atoms with Crippen LogP contribution in [0.3, 0.4) is 0 Å². The molecule has 20 heavy (non-hydrogen) atoms. The van der Waals surface area contributed by atoms with Gasteiger partial charge >= 0.3 is 5.97 Å². The predicted molar refractivity (Wildman–Crippen MR) is 78.2 cm³/mol. The average molecular weight is 271 g/mol. The molecule has 1 saturated heterocycles. The van der Waals surface area contributed by atoms with Gasteiger partial charge in [0.2, 0.25) is 0 Å². The molecule has 106 valence electrons. The van der Waals surface area contributed by atoms with Crippen LogP contribution in [0.5, 0.6) is 0 Å². The fourth-order valence-electron chi connectivity index (χ4n) is 3.55. The molecule has 1 aromatic rings. The van der Waals surface area contributed by atoms with Crippen molar-refractivity contribution in [2.45, 2.75) is 38.4 Å². The molecule has 0 saturated carbocycles. The number of rotatable bonds is 4. The van der Waals surface area contributed by atoms with Gasteiger partial charge in [0, 0.05) is 18.0 Å². The molecule has 2 bridgehead atoms. The van der Waals surface area contributed by atoms with Gasteiger partial charge in [0.05, 0.1) is 6.61 Å². The summed E-state index contributed by atoms with van der Waals surface area (Å²) >= 11 is 0. The Morgan fingerprint density at radius 2 is 2.10 bits per heavy atom. The van der Waals surface area contributed by atoms with Crippen molar-refractivity contribution >= 4 is 5.97 Å². The second-order valence-corrected chi connectivity index (χ2v) is 5.58. The van der Waals surface area contributed by atoms with Gasteiger partial charge in [-0.15, -0.1) is 0 Å². The molecule has 1 aromatic carbocycles. The van der Waals surface area contributed by atoms with Crippen LogP contribution in [-0.2, 0) is 9.53 Å². The average Bonchev–Trinajstić information content (AvgIpc) is 3.08. The van der Waals surface area contributed by atoms with Crippen LogP contribution in [0.25, 0.3) is 0 Å². The summed E-state index contributed by atoms with van der Waals surface area (Å²) in [4.78, 5) is 14.6. The minimum absolute atomic E-state index is 0.0767. The Hall–Kier alpha value is -1.61. The van der Waals surface area contributed by atoms with Gasteiger partial charge in [-0.2, -0.15) is 0 Å². The molecule has 3 nitrogen and oxygen atoms in total. The standard InChI is InChI=1S/C17H21NO2/c1-3-20-17(19)16-14-9-10-15(11-14)18(16)12(2)13-7-5-4-6-8-13/h4-10,12,14-16H,3,11H2,1-2H3/t12-,14+,15?,16+/m1/s1. The molecule has 0 N–H and O–H groups in total. The molecule has 1 unspecified atom stereocenters. The van der Waals surface area contributed by atoms with Gasteiger partial charge in [0.15, 0.2) is 0 Å². The fraction of sp³-hybridized carbons (Fsp3) is 0.471. The number of ether oxygens (including phenoxy) is 1. The summed E-state index contributed by atoms with van der Waals surface area (Å²) in [7, 11) is 0. The highest BCUT2D eigenvalue weighted by Gasteiger charge is 2.49. The van der Waals surface area contributed by atoms with E-state index in [1.54, 1.807) is 0 Å². The van der Waals surface area contributed by atoms with E-state index < -0.39 is 0 Å². The third kappa shape index (κ3) is 2.16. The van der Waals surface area contributed by atoms with Gasteiger partial charge in [-0.1, -0.05) is 42.5 Å². The van der Waals surface area contributed by atoms with Crippen LogP contribution >= 0.6 is 0 Å². The van der Waals surface area contributed by atoms with Gasteiger partial charge in [0.25, 0.3) is 0 Å². The number of fused-ring (bicyclic) bond motifs is 2. The fourth-order valence-corrected chi connectivity index (χ4v) is 3.55. The molecule has 1 aliphatic heterocycles. The first-order chi connectivity index (χ1) is 9.72. The number of benzene rings is 1. The number of carbonyl (C=O) groups excluding carboxylic acids is 1. The Labute approximate surface area is 120 Å². The van der Waals surface area contributed by atoms with Crippen molar-refractivity contribution in [3.8, 4) is 0 Å². The van der Waals surface area contributed by atoms with Crippen LogP contribution in [-0.4, -0.2) is 29.6 Å². The molecule has 1 aliphatic carbocycles. The normalized spacial score (nSPS) is 29.6. The largest absolute Gasteiger partial charge is 0.465 e. The number of esters is 1. The molecule has 2 aliphatic rings. The van der Waals surface area contributed by atoms with Gasteiger partial charge < -0.3 is 4.74 Å². The molecule has 0 aromatic heterocycles. The third-order valence-corrected chi connectivity index (χ3v) is 4.46. The van der Waals surface area contributed by atoms with E-state index in [-0.39, 0.29) is 18.1 Å². The van der Waals surface area contributed by atoms with Gasteiger partial charge in [-0.05, 0) is 25.8 Å². The molecule has 3 heteroatoms. The third-order valence-electron chi connectivity index (χ3n) is 4.46. The summed E-state index contributed by atoms with van der Waals surface area (Å²) in [6.07, 6.45) is 5.46. The second-order valence-electron chi connectivity index (χ2n) is 5.58. The van der Waals surface area contributed by atoms with Crippen LogP contribution in [0.15, 0.2) is 42.5 Å². The van der Waals surface area contributed by atoms with Crippen molar-refractivity contribution in [1.29, 1.82) is 0 Å². The summed E-state index contributed by atoms with van der Waals surface area (Å²) in [5.74, 6) is 0.234. The minimum Gasteiger partial charge on any atom is -0.465 e.